The van der Waals surface area contributed by atoms with Crippen molar-refractivity contribution in [1.82, 2.24) is 4.98 Å². The maximum absolute atomic E-state index is 5.97. The number of ether oxygens (including phenoxy) is 1. The Labute approximate surface area is 90.7 Å². The van der Waals surface area contributed by atoms with Crippen molar-refractivity contribution in [2.75, 3.05) is 0 Å². The van der Waals surface area contributed by atoms with E-state index >= 15 is 0 Å². The third kappa shape index (κ3) is 1.31. The molecule has 0 bridgehead atoms. The topological polar surface area (TPSA) is 25.4 Å². The van der Waals surface area contributed by atoms with Crippen LogP contribution in [0.3, 0.4) is 0 Å². The fourth-order valence-corrected chi connectivity index (χ4v) is 3.22. The Morgan fingerprint density at radius 2 is 2.27 bits per heavy atom. The lowest BCUT2D eigenvalue weighted by Gasteiger charge is -2.26. The minimum atomic E-state index is -0.0294. The highest BCUT2D eigenvalue weighted by Gasteiger charge is 2.63. The first-order valence-corrected chi connectivity index (χ1v) is 5.82. The van der Waals surface area contributed by atoms with E-state index in [4.69, 9.17) is 4.74 Å². The van der Waals surface area contributed by atoms with E-state index in [0.29, 0.717) is 12.0 Å². The van der Waals surface area contributed by atoms with Crippen molar-refractivity contribution in [3.05, 3.63) is 30.1 Å². The molecule has 3 rings (SSSR count). The van der Waals surface area contributed by atoms with Gasteiger partial charge in [0.05, 0.1) is 11.8 Å². The molecule has 1 aromatic rings. The van der Waals surface area contributed by atoms with Crippen molar-refractivity contribution in [1.29, 1.82) is 0 Å². The monoisotopic (exact) mass is 203 g/mol. The molecular formula is C13H17NO. The van der Waals surface area contributed by atoms with E-state index in [1.165, 1.54) is 6.42 Å². The van der Waals surface area contributed by atoms with Gasteiger partial charge in [0, 0.05) is 6.20 Å². The smallest absolute Gasteiger partial charge is 0.137 e. The first-order chi connectivity index (χ1) is 7.22. The molecule has 1 aromatic heterocycles. The van der Waals surface area contributed by atoms with Crippen LogP contribution in [0.2, 0.25) is 0 Å². The first-order valence-electron chi connectivity index (χ1n) is 5.82. The Morgan fingerprint density at radius 1 is 1.40 bits per heavy atom. The lowest BCUT2D eigenvalue weighted by molar-refractivity contribution is 0.257. The van der Waals surface area contributed by atoms with Gasteiger partial charge in [0.25, 0.3) is 0 Å². The maximum Gasteiger partial charge on any atom is 0.137 e. The number of nitrogens with zero attached hydrogens (tertiary/aromatic N) is 1. The fraction of sp³-hybridized carbons (Fsp3) is 0.615. The predicted octanol–water partition coefficient (Wildman–Crippen LogP) is 2.74. The predicted molar refractivity (Wildman–Crippen MR) is 58.4 cm³/mol. The molecule has 2 heterocycles. The van der Waals surface area contributed by atoms with Crippen molar-refractivity contribution in [3.8, 4) is 0 Å². The number of pyridine rings is 1. The SMILES string of the molecule is C[C@@H]1C[C@H](C)[C@@H]2O[C@]2(c2ccccn2)C1. The Bertz CT molecular complexity index is 364. The van der Waals surface area contributed by atoms with Gasteiger partial charge in [0.2, 0.25) is 0 Å². The van der Waals surface area contributed by atoms with E-state index in [2.05, 4.69) is 31.0 Å². The number of aromatic nitrogens is 1. The number of hydrogen-bond donors (Lipinski definition) is 0. The van der Waals surface area contributed by atoms with Gasteiger partial charge in [-0.2, -0.15) is 0 Å². The normalized spacial score (nSPS) is 43.5. The summed E-state index contributed by atoms with van der Waals surface area (Å²) in [7, 11) is 0. The molecule has 0 amide bonds. The lowest BCUT2D eigenvalue weighted by Crippen LogP contribution is -2.28. The van der Waals surface area contributed by atoms with Crippen molar-refractivity contribution in [2.24, 2.45) is 11.8 Å². The molecule has 2 nitrogen and oxygen atoms in total. The molecule has 1 aliphatic heterocycles. The van der Waals surface area contributed by atoms with Gasteiger partial charge in [0.1, 0.15) is 5.60 Å². The zero-order chi connectivity index (χ0) is 10.5. The van der Waals surface area contributed by atoms with E-state index in [0.717, 1.165) is 18.0 Å². The summed E-state index contributed by atoms with van der Waals surface area (Å²) in [6, 6.07) is 6.12. The standard InChI is InChI=1S/C13H17NO/c1-9-7-10(2)12-13(8-9,15-12)11-5-3-4-6-14-11/h3-6,9-10,12H,7-8H2,1-2H3/t9-,10+,12+,13+/m1/s1. The summed E-state index contributed by atoms with van der Waals surface area (Å²) in [5, 5.41) is 0. The van der Waals surface area contributed by atoms with Gasteiger partial charge < -0.3 is 4.74 Å². The second-order valence-electron chi connectivity index (χ2n) is 5.17. The average molecular weight is 203 g/mol. The molecule has 4 atom stereocenters. The van der Waals surface area contributed by atoms with Crippen LogP contribution in [-0.2, 0) is 10.3 Å². The van der Waals surface area contributed by atoms with Crippen LogP contribution in [0.5, 0.6) is 0 Å². The van der Waals surface area contributed by atoms with E-state index in [1.54, 1.807) is 0 Å². The molecule has 80 valence electrons. The second-order valence-corrected chi connectivity index (χ2v) is 5.17. The quantitative estimate of drug-likeness (QED) is 0.656. The van der Waals surface area contributed by atoms with Gasteiger partial charge in [-0.1, -0.05) is 19.9 Å². The van der Waals surface area contributed by atoms with Crippen molar-refractivity contribution in [2.45, 2.75) is 38.4 Å². The van der Waals surface area contributed by atoms with Crippen LogP contribution in [0.25, 0.3) is 0 Å². The molecule has 0 aromatic carbocycles. The van der Waals surface area contributed by atoms with Gasteiger partial charge in [-0.05, 0) is 36.8 Å². The summed E-state index contributed by atoms with van der Waals surface area (Å²) >= 11 is 0. The maximum atomic E-state index is 5.97. The molecule has 0 radical (unpaired) electrons. The van der Waals surface area contributed by atoms with Crippen molar-refractivity contribution >= 4 is 0 Å². The van der Waals surface area contributed by atoms with E-state index in [-0.39, 0.29) is 5.60 Å². The minimum Gasteiger partial charge on any atom is -0.359 e. The summed E-state index contributed by atoms with van der Waals surface area (Å²) in [4.78, 5) is 4.46. The Morgan fingerprint density at radius 3 is 3.00 bits per heavy atom. The van der Waals surface area contributed by atoms with Crippen molar-refractivity contribution in [3.63, 3.8) is 0 Å². The van der Waals surface area contributed by atoms with Gasteiger partial charge >= 0.3 is 0 Å². The van der Waals surface area contributed by atoms with Crippen molar-refractivity contribution < 1.29 is 4.74 Å². The highest BCUT2D eigenvalue weighted by molar-refractivity contribution is 5.24. The minimum absolute atomic E-state index is 0.0294. The number of hydrogen-bond acceptors (Lipinski definition) is 2. The Balaban J connectivity index is 1.94. The van der Waals surface area contributed by atoms with Crippen LogP contribution in [0.1, 0.15) is 32.4 Å². The zero-order valence-electron chi connectivity index (χ0n) is 9.31. The molecular weight excluding hydrogens is 186 g/mol. The highest BCUT2D eigenvalue weighted by Crippen LogP contribution is 2.58. The molecule has 2 aliphatic rings. The van der Waals surface area contributed by atoms with Gasteiger partial charge in [-0.25, -0.2) is 0 Å². The van der Waals surface area contributed by atoms with E-state index in [1.807, 2.05) is 12.3 Å². The van der Waals surface area contributed by atoms with Gasteiger partial charge in [-0.15, -0.1) is 0 Å². The Kier molecular flexibility index (Phi) is 1.90. The average Bonchev–Trinajstić information content (AvgIpc) is 2.95. The second kappa shape index (κ2) is 3.05. The van der Waals surface area contributed by atoms with Crippen LogP contribution >= 0.6 is 0 Å². The highest BCUT2D eigenvalue weighted by atomic mass is 16.6. The summed E-state index contributed by atoms with van der Waals surface area (Å²) < 4.78 is 5.97. The van der Waals surface area contributed by atoms with Crippen LogP contribution in [-0.4, -0.2) is 11.1 Å². The molecule has 1 saturated heterocycles. The molecule has 1 saturated carbocycles. The van der Waals surface area contributed by atoms with Crippen LogP contribution in [0.15, 0.2) is 24.4 Å². The molecule has 1 aliphatic carbocycles. The summed E-state index contributed by atoms with van der Waals surface area (Å²) in [5.41, 5.74) is 1.10. The molecule has 0 N–H and O–H groups in total. The van der Waals surface area contributed by atoms with Crippen LogP contribution < -0.4 is 0 Å². The molecule has 15 heavy (non-hydrogen) atoms. The first kappa shape index (κ1) is 9.34. The zero-order valence-corrected chi connectivity index (χ0v) is 9.31. The summed E-state index contributed by atoms with van der Waals surface area (Å²) in [6.45, 7) is 4.62. The molecule has 2 heteroatoms. The van der Waals surface area contributed by atoms with E-state index in [9.17, 15) is 0 Å². The number of epoxide rings is 1. The third-order valence-electron chi connectivity index (χ3n) is 3.78. The summed E-state index contributed by atoms with van der Waals surface area (Å²) in [6.07, 6.45) is 4.72. The van der Waals surface area contributed by atoms with Gasteiger partial charge in [0.15, 0.2) is 0 Å². The molecule has 0 spiro atoms. The van der Waals surface area contributed by atoms with Crippen LogP contribution in [0.4, 0.5) is 0 Å². The summed E-state index contributed by atoms with van der Waals surface area (Å²) in [5.74, 6) is 1.43. The molecule has 0 unspecified atom stereocenters. The van der Waals surface area contributed by atoms with Gasteiger partial charge in [-0.3, -0.25) is 4.98 Å². The van der Waals surface area contributed by atoms with E-state index < -0.39 is 0 Å². The third-order valence-corrected chi connectivity index (χ3v) is 3.78. The fourth-order valence-electron chi connectivity index (χ4n) is 3.22. The number of rotatable bonds is 1. The number of fused-ring (bicyclic) bond motifs is 1. The Hall–Kier alpha value is -0.890. The lowest BCUT2D eigenvalue weighted by atomic mass is 9.75. The largest absolute Gasteiger partial charge is 0.359 e. The van der Waals surface area contributed by atoms with Crippen LogP contribution in [0, 0.1) is 11.8 Å². The molecule has 2 fully saturated rings.